The number of nitrogens with one attached hydrogen (secondary N) is 1. The number of alkyl halides is 2. The molecular formula is C16H14BrClF2N2O3. The van der Waals surface area contributed by atoms with Crippen LogP contribution in [0.3, 0.4) is 0 Å². The Hall–Kier alpha value is -1.54. The molecule has 1 aliphatic heterocycles. The van der Waals surface area contributed by atoms with Gasteiger partial charge in [-0.2, -0.15) is 0 Å². The van der Waals surface area contributed by atoms with Crippen molar-refractivity contribution in [3.8, 4) is 0 Å². The molecule has 1 N–H and O–H groups in total. The molecule has 1 spiro atoms. The molecule has 2 aliphatic rings. The van der Waals surface area contributed by atoms with Crippen molar-refractivity contribution >= 4 is 45.3 Å². The van der Waals surface area contributed by atoms with E-state index in [0.717, 1.165) is 4.90 Å². The van der Waals surface area contributed by atoms with Crippen molar-refractivity contribution in [1.82, 2.24) is 10.2 Å². The standard InChI is InChI=1S/C16H14BrClF2N2O3/c17-10-2-1-9(7-11(10)18)12(23)8-22-13(24)15(21-14(22)25)3-5-16(19,20)6-4-15/h1-2,7H,3-6,8H2,(H,21,25). The van der Waals surface area contributed by atoms with Crippen molar-refractivity contribution in [2.75, 3.05) is 6.54 Å². The van der Waals surface area contributed by atoms with Crippen LogP contribution < -0.4 is 5.32 Å². The molecule has 0 radical (unpaired) electrons. The first-order valence-electron chi connectivity index (χ1n) is 7.64. The van der Waals surface area contributed by atoms with Crippen LogP contribution in [0.15, 0.2) is 22.7 Å². The second kappa shape index (κ2) is 6.32. The molecule has 3 amide bonds. The molecule has 1 aromatic rings. The molecule has 0 bridgehead atoms. The highest BCUT2D eigenvalue weighted by Crippen LogP contribution is 2.41. The Bertz CT molecular complexity index is 762. The molecule has 1 saturated heterocycles. The van der Waals surface area contributed by atoms with Gasteiger partial charge in [0.2, 0.25) is 5.92 Å². The maximum absolute atomic E-state index is 13.4. The molecule has 2 fully saturated rings. The third-order valence-corrected chi connectivity index (χ3v) is 5.86. The van der Waals surface area contributed by atoms with E-state index in [-0.39, 0.29) is 18.4 Å². The normalized spacial score (nSPS) is 21.5. The lowest BCUT2D eigenvalue weighted by molar-refractivity contribution is -0.135. The highest BCUT2D eigenvalue weighted by molar-refractivity contribution is 9.10. The SMILES string of the molecule is O=C(CN1C(=O)NC2(CCC(F)(F)CC2)C1=O)c1ccc(Br)c(Cl)c1. The number of benzene rings is 1. The average molecular weight is 436 g/mol. The number of halogens is 4. The summed E-state index contributed by atoms with van der Waals surface area (Å²) in [7, 11) is 0. The number of hydrogen-bond donors (Lipinski definition) is 1. The van der Waals surface area contributed by atoms with Gasteiger partial charge in [-0.05, 0) is 40.9 Å². The molecule has 1 saturated carbocycles. The number of amides is 3. The first-order valence-corrected chi connectivity index (χ1v) is 8.81. The van der Waals surface area contributed by atoms with Crippen LogP contribution in [0.25, 0.3) is 0 Å². The zero-order valence-corrected chi connectivity index (χ0v) is 15.3. The Kier molecular flexibility index (Phi) is 4.61. The van der Waals surface area contributed by atoms with Crippen molar-refractivity contribution in [1.29, 1.82) is 0 Å². The first kappa shape index (κ1) is 18.3. The second-order valence-electron chi connectivity index (χ2n) is 6.31. The fraction of sp³-hybridized carbons (Fsp3) is 0.438. The van der Waals surface area contributed by atoms with Crippen molar-refractivity contribution in [3.63, 3.8) is 0 Å². The summed E-state index contributed by atoms with van der Waals surface area (Å²) in [6.07, 6.45) is -1.22. The predicted molar refractivity (Wildman–Crippen MR) is 89.9 cm³/mol. The molecule has 1 aliphatic carbocycles. The third kappa shape index (κ3) is 3.42. The Morgan fingerprint density at radius 1 is 1.24 bits per heavy atom. The Morgan fingerprint density at radius 3 is 2.48 bits per heavy atom. The first-order chi connectivity index (χ1) is 11.6. The maximum Gasteiger partial charge on any atom is 0.325 e. The van der Waals surface area contributed by atoms with E-state index in [2.05, 4.69) is 21.2 Å². The molecule has 0 atom stereocenters. The Balaban J connectivity index is 1.75. The van der Waals surface area contributed by atoms with E-state index in [1.165, 1.54) is 12.1 Å². The summed E-state index contributed by atoms with van der Waals surface area (Å²) in [6, 6.07) is 3.81. The molecule has 3 rings (SSSR count). The summed E-state index contributed by atoms with van der Waals surface area (Å²) in [6.45, 7) is -0.458. The monoisotopic (exact) mass is 434 g/mol. The lowest BCUT2D eigenvalue weighted by atomic mass is 9.80. The van der Waals surface area contributed by atoms with E-state index < -0.39 is 48.6 Å². The summed E-state index contributed by atoms with van der Waals surface area (Å²) < 4.78 is 27.3. The zero-order valence-electron chi connectivity index (χ0n) is 13.0. The number of carbonyl (C=O) groups excluding carboxylic acids is 3. The van der Waals surface area contributed by atoms with Crippen LogP contribution in [0.2, 0.25) is 5.02 Å². The number of imide groups is 1. The van der Waals surface area contributed by atoms with Gasteiger partial charge in [0.05, 0.1) is 11.6 Å². The maximum atomic E-state index is 13.4. The smallest absolute Gasteiger partial charge is 0.323 e. The van der Waals surface area contributed by atoms with Gasteiger partial charge in [-0.3, -0.25) is 14.5 Å². The largest absolute Gasteiger partial charge is 0.325 e. The Labute approximate surface area is 155 Å². The lowest BCUT2D eigenvalue weighted by Gasteiger charge is -2.34. The van der Waals surface area contributed by atoms with Crippen molar-refractivity contribution in [2.45, 2.75) is 37.1 Å². The predicted octanol–water partition coefficient (Wildman–Crippen LogP) is 3.79. The quantitative estimate of drug-likeness (QED) is 0.580. The number of urea groups is 1. The fourth-order valence-corrected chi connectivity index (χ4v) is 3.53. The number of rotatable bonds is 3. The lowest BCUT2D eigenvalue weighted by Crippen LogP contribution is -2.51. The molecule has 25 heavy (non-hydrogen) atoms. The topological polar surface area (TPSA) is 66.5 Å². The van der Waals surface area contributed by atoms with Gasteiger partial charge >= 0.3 is 6.03 Å². The van der Waals surface area contributed by atoms with Gasteiger partial charge in [-0.25, -0.2) is 13.6 Å². The minimum atomic E-state index is -2.83. The zero-order chi connectivity index (χ0) is 18.4. The molecule has 9 heteroatoms. The van der Waals surface area contributed by atoms with E-state index in [0.29, 0.717) is 9.50 Å². The van der Waals surface area contributed by atoms with Gasteiger partial charge in [0, 0.05) is 22.9 Å². The van der Waals surface area contributed by atoms with Crippen molar-refractivity contribution in [3.05, 3.63) is 33.3 Å². The van der Waals surface area contributed by atoms with Crippen LogP contribution in [-0.4, -0.2) is 40.6 Å². The van der Waals surface area contributed by atoms with Crippen molar-refractivity contribution in [2.24, 2.45) is 0 Å². The van der Waals surface area contributed by atoms with E-state index >= 15 is 0 Å². The van der Waals surface area contributed by atoms with Crippen molar-refractivity contribution < 1.29 is 23.2 Å². The molecule has 1 heterocycles. The van der Waals surface area contributed by atoms with Gasteiger partial charge in [0.15, 0.2) is 5.78 Å². The van der Waals surface area contributed by atoms with E-state index in [9.17, 15) is 23.2 Å². The number of hydrogen-bond acceptors (Lipinski definition) is 3. The summed E-state index contributed by atoms with van der Waals surface area (Å²) in [5, 5.41) is 2.83. The van der Waals surface area contributed by atoms with Gasteiger partial charge in [-0.1, -0.05) is 17.7 Å². The number of Topliss-reactive ketones (excluding diaryl/α,β-unsaturated/α-hetero) is 1. The third-order valence-electron chi connectivity index (χ3n) is 4.62. The van der Waals surface area contributed by atoms with Gasteiger partial charge in [0.1, 0.15) is 5.54 Å². The minimum Gasteiger partial charge on any atom is -0.323 e. The van der Waals surface area contributed by atoms with Gasteiger partial charge in [-0.15, -0.1) is 0 Å². The van der Waals surface area contributed by atoms with E-state index in [1.807, 2.05) is 0 Å². The average Bonchev–Trinajstić information content (AvgIpc) is 2.78. The molecule has 1 aromatic carbocycles. The van der Waals surface area contributed by atoms with E-state index in [1.54, 1.807) is 6.07 Å². The molecule has 134 valence electrons. The highest BCUT2D eigenvalue weighted by Gasteiger charge is 2.55. The fourth-order valence-electron chi connectivity index (χ4n) is 3.11. The van der Waals surface area contributed by atoms with Gasteiger partial charge in [0.25, 0.3) is 5.91 Å². The number of carbonyl (C=O) groups is 3. The van der Waals surface area contributed by atoms with Gasteiger partial charge < -0.3 is 5.32 Å². The minimum absolute atomic E-state index is 0.140. The van der Waals surface area contributed by atoms with Crippen LogP contribution >= 0.6 is 27.5 Å². The summed E-state index contributed by atoms with van der Waals surface area (Å²) >= 11 is 9.15. The van der Waals surface area contributed by atoms with Crippen LogP contribution in [0, 0.1) is 0 Å². The molecule has 0 unspecified atom stereocenters. The van der Waals surface area contributed by atoms with Crippen LogP contribution in [0.5, 0.6) is 0 Å². The highest BCUT2D eigenvalue weighted by atomic mass is 79.9. The number of nitrogens with zero attached hydrogens (tertiary/aromatic N) is 1. The number of ketones is 1. The summed E-state index contributed by atoms with van der Waals surface area (Å²) in [5.74, 6) is -3.91. The molecule has 5 nitrogen and oxygen atoms in total. The van der Waals surface area contributed by atoms with Crippen LogP contribution in [0.1, 0.15) is 36.0 Å². The Morgan fingerprint density at radius 2 is 1.88 bits per heavy atom. The van der Waals surface area contributed by atoms with Crippen LogP contribution in [-0.2, 0) is 4.79 Å². The molecular weight excluding hydrogens is 422 g/mol. The van der Waals surface area contributed by atoms with Crippen LogP contribution in [0.4, 0.5) is 13.6 Å². The summed E-state index contributed by atoms with van der Waals surface area (Å²) in [4.78, 5) is 37.9. The van der Waals surface area contributed by atoms with E-state index in [4.69, 9.17) is 11.6 Å². The second-order valence-corrected chi connectivity index (χ2v) is 7.57. The summed E-state index contributed by atoms with van der Waals surface area (Å²) in [5.41, 5.74) is -1.07. The molecule has 0 aromatic heterocycles.